The molecule has 6 nitrogen and oxygen atoms in total. The quantitative estimate of drug-likeness (QED) is 0.313. The van der Waals surface area contributed by atoms with Gasteiger partial charge in [-0.15, -0.1) is 5.10 Å². The molecule has 0 amide bonds. The molecule has 0 bridgehead atoms. The number of Topliss-reactive ketones (excluding diaryl/α,β-unsaturated/α-hetero) is 1. The first-order chi connectivity index (χ1) is 17.6. The van der Waals surface area contributed by atoms with Crippen LogP contribution in [0.25, 0.3) is 11.1 Å². The van der Waals surface area contributed by atoms with Gasteiger partial charge in [0.1, 0.15) is 17.5 Å². The third-order valence-electron chi connectivity index (χ3n) is 6.77. The fourth-order valence-electron chi connectivity index (χ4n) is 4.54. The number of hydrogen-bond acceptors (Lipinski definition) is 5. The maximum atomic E-state index is 12.7. The van der Waals surface area contributed by atoms with Crippen LogP contribution in [0.3, 0.4) is 0 Å². The second-order valence-electron chi connectivity index (χ2n) is 9.54. The Kier molecular flexibility index (Phi) is 7.52. The number of nitrogens with zero attached hydrogens (tertiary/aromatic N) is 4. The van der Waals surface area contributed by atoms with Crippen LogP contribution in [-0.4, -0.2) is 51.9 Å². The molecule has 1 aliphatic heterocycles. The van der Waals surface area contributed by atoms with Crippen LogP contribution in [0.5, 0.6) is 5.75 Å². The molecule has 1 aromatic heterocycles. The zero-order valence-corrected chi connectivity index (χ0v) is 20.7. The smallest absolute Gasteiger partial charge is 0.189 e. The Morgan fingerprint density at radius 1 is 0.889 bits per heavy atom. The Bertz CT molecular complexity index is 1260. The number of aryl methyl sites for hydroxylation is 2. The van der Waals surface area contributed by atoms with Crippen molar-refractivity contribution in [2.75, 3.05) is 20.1 Å². The summed E-state index contributed by atoms with van der Waals surface area (Å²) in [4.78, 5) is 15.1. The minimum atomic E-state index is -0.0240. The third kappa shape index (κ3) is 6.26. The topological polar surface area (TPSA) is 60.2 Å². The Balaban J connectivity index is 1.14. The highest BCUT2D eigenvalue weighted by molar-refractivity contribution is 5.95. The zero-order valence-electron chi connectivity index (χ0n) is 20.7. The van der Waals surface area contributed by atoms with Crippen molar-refractivity contribution >= 4 is 5.78 Å². The average Bonchev–Trinajstić information content (AvgIpc) is 3.40. The van der Waals surface area contributed by atoms with Crippen LogP contribution >= 0.6 is 0 Å². The number of carbonyl (C=O) groups is 1. The molecule has 5 rings (SSSR count). The SMILES string of the molecule is CN1CCC(Oc2ccc(-c3ccc(CC(=O)c4cn(CCc5ccccc5)nn4)cc3)cc2)CC1. The van der Waals surface area contributed by atoms with Gasteiger partial charge >= 0.3 is 0 Å². The molecule has 0 unspecified atom stereocenters. The van der Waals surface area contributed by atoms with E-state index >= 15 is 0 Å². The van der Waals surface area contributed by atoms with E-state index in [1.807, 2.05) is 42.5 Å². The molecule has 0 radical (unpaired) electrons. The molecule has 0 aliphatic carbocycles. The maximum absolute atomic E-state index is 12.7. The monoisotopic (exact) mass is 480 g/mol. The molecule has 1 fully saturated rings. The predicted octanol–water partition coefficient (Wildman–Crippen LogP) is 5.09. The zero-order chi connectivity index (χ0) is 24.7. The lowest BCUT2D eigenvalue weighted by Crippen LogP contribution is -2.35. The van der Waals surface area contributed by atoms with Crippen LogP contribution in [0.1, 0.15) is 34.5 Å². The normalized spacial score (nSPS) is 14.6. The molecule has 36 heavy (non-hydrogen) atoms. The molecule has 0 spiro atoms. The van der Waals surface area contributed by atoms with Crippen molar-refractivity contribution in [3.8, 4) is 16.9 Å². The van der Waals surface area contributed by atoms with E-state index in [1.54, 1.807) is 10.9 Å². The number of piperidine rings is 1. The molecule has 0 N–H and O–H groups in total. The van der Waals surface area contributed by atoms with Crippen LogP contribution in [-0.2, 0) is 19.4 Å². The van der Waals surface area contributed by atoms with Crippen LogP contribution in [0.2, 0.25) is 0 Å². The number of benzene rings is 3. The number of rotatable bonds is 9. The molecule has 2 heterocycles. The molecule has 0 saturated carbocycles. The van der Waals surface area contributed by atoms with Crippen molar-refractivity contribution in [2.24, 2.45) is 0 Å². The summed E-state index contributed by atoms with van der Waals surface area (Å²) in [6, 6.07) is 26.7. The van der Waals surface area contributed by atoms with Crippen LogP contribution in [0.15, 0.2) is 85.1 Å². The van der Waals surface area contributed by atoms with Crippen LogP contribution in [0.4, 0.5) is 0 Å². The highest BCUT2D eigenvalue weighted by Gasteiger charge is 2.18. The summed E-state index contributed by atoms with van der Waals surface area (Å²) in [6.07, 6.45) is 5.35. The van der Waals surface area contributed by atoms with Gasteiger partial charge in [0.25, 0.3) is 0 Å². The summed E-state index contributed by atoms with van der Waals surface area (Å²) in [7, 11) is 2.16. The van der Waals surface area contributed by atoms with Gasteiger partial charge in [0.15, 0.2) is 5.78 Å². The average molecular weight is 481 g/mol. The van der Waals surface area contributed by atoms with Gasteiger partial charge in [-0.3, -0.25) is 9.48 Å². The van der Waals surface area contributed by atoms with Crippen molar-refractivity contribution < 1.29 is 9.53 Å². The van der Waals surface area contributed by atoms with Crippen LogP contribution < -0.4 is 4.74 Å². The lowest BCUT2D eigenvalue weighted by atomic mass is 10.0. The molecule has 1 saturated heterocycles. The summed E-state index contributed by atoms with van der Waals surface area (Å²) in [5.74, 6) is 0.899. The van der Waals surface area contributed by atoms with Crippen molar-refractivity contribution in [3.63, 3.8) is 0 Å². The molecule has 1 aliphatic rings. The Labute approximate surface area is 212 Å². The molecular formula is C30H32N4O2. The summed E-state index contributed by atoms with van der Waals surface area (Å²) < 4.78 is 7.90. The molecule has 0 atom stereocenters. The van der Waals surface area contributed by atoms with Gasteiger partial charge in [-0.1, -0.05) is 71.9 Å². The van der Waals surface area contributed by atoms with Crippen molar-refractivity contribution in [1.82, 2.24) is 19.9 Å². The maximum Gasteiger partial charge on any atom is 0.189 e. The number of hydrogen-bond donors (Lipinski definition) is 0. The van der Waals surface area contributed by atoms with E-state index in [1.165, 1.54) is 5.56 Å². The number of aromatic nitrogens is 3. The Morgan fingerprint density at radius 3 is 2.25 bits per heavy atom. The number of likely N-dealkylation sites (tertiary alicyclic amines) is 1. The molecule has 3 aromatic carbocycles. The van der Waals surface area contributed by atoms with E-state index in [4.69, 9.17) is 4.74 Å². The predicted molar refractivity (Wildman–Crippen MR) is 141 cm³/mol. The summed E-state index contributed by atoms with van der Waals surface area (Å²) >= 11 is 0. The second kappa shape index (κ2) is 11.3. The highest BCUT2D eigenvalue weighted by atomic mass is 16.5. The first kappa shape index (κ1) is 23.9. The standard InChI is InChI=1S/C30H32N4O2/c1-33-18-16-28(17-19-33)36-27-13-11-26(12-14-27)25-9-7-24(8-10-25)21-30(35)29-22-34(32-31-29)20-15-23-5-3-2-4-6-23/h2-14,22,28H,15-21H2,1H3. The first-order valence-corrected chi connectivity index (χ1v) is 12.6. The molecule has 6 heteroatoms. The van der Waals surface area contributed by atoms with Gasteiger partial charge in [-0.05, 0) is 60.7 Å². The van der Waals surface area contributed by atoms with E-state index < -0.39 is 0 Å². The van der Waals surface area contributed by atoms with Gasteiger partial charge in [-0.2, -0.15) is 0 Å². The van der Waals surface area contributed by atoms with Gasteiger partial charge in [0.2, 0.25) is 0 Å². The van der Waals surface area contributed by atoms with Gasteiger partial charge in [-0.25, -0.2) is 0 Å². The van der Waals surface area contributed by atoms with Crippen molar-refractivity contribution in [3.05, 3.63) is 102 Å². The van der Waals surface area contributed by atoms with E-state index in [0.717, 1.165) is 54.8 Å². The first-order valence-electron chi connectivity index (χ1n) is 12.6. The third-order valence-corrected chi connectivity index (χ3v) is 6.77. The number of ether oxygens (including phenoxy) is 1. The molecular weight excluding hydrogens is 448 g/mol. The minimum absolute atomic E-state index is 0.0240. The van der Waals surface area contributed by atoms with Gasteiger partial charge in [0, 0.05) is 26.1 Å². The van der Waals surface area contributed by atoms with Crippen molar-refractivity contribution in [1.29, 1.82) is 0 Å². The molecule has 4 aromatic rings. The largest absolute Gasteiger partial charge is 0.490 e. The van der Waals surface area contributed by atoms with Crippen LogP contribution in [0, 0.1) is 0 Å². The van der Waals surface area contributed by atoms with E-state index in [9.17, 15) is 4.79 Å². The van der Waals surface area contributed by atoms with E-state index in [-0.39, 0.29) is 5.78 Å². The van der Waals surface area contributed by atoms with Gasteiger partial charge in [0.05, 0.1) is 6.20 Å². The summed E-state index contributed by atoms with van der Waals surface area (Å²) in [6.45, 7) is 2.87. The van der Waals surface area contributed by atoms with Gasteiger partial charge < -0.3 is 9.64 Å². The Morgan fingerprint density at radius 2 is 1.56 bits per heavy atom. The fourth-order valence-corrected chi connectivity index (χ4v) is 4.54. The highest BCUT2D eigenvalue weighted by Crippen LogP contribution is 2.25. The van der Waals surface area contributed by atoms with E-state index in [2.05, 4.69) is 58.7 Å². The lowest BCUT2D eigenvalue weighted by molar-refractivity contribution is 0.0988. The Hall–Kier alpha value is -3.77. The lowest BCUT2D eigenvalue weighted by Gasteiger charge is -2.29. The fraction of sp³-hybridized carbons (Fsp3) is 0.300. The summed E-state index contributed by atoms with van der Waals surface area (Å²) in [5, 5.41) is 8.22. The number of carbonyl (C=O) groups excluding carboxylic acids is 1. The summed E-state index contributed by atoms with van der Waals surface area (Å²) in [5.41, 5.74) is 4.85. The number of ketones is 1. The van der Waals surface area contributed by atoms with E-state index in [0.29, 0.717) is 24.8 Å². The molecule has 184 valence electrons. The minimum Gasteiger partial charge on any atom is -0.490 e. The van der Waals surface area contributed by atoms with Crippen molar-refractivity contribution in [2.45, 2.75) is 38.3 Å². The second-order valence-corrected chi connectivity index (χ2v) is 9.54.